The fourth-order valence-electron chi connectivity index (χ4n) is 4.24. The molecule has 1 aliphatic carbocycles. The topological polar surface area (TPSA) is 58.1 Å². The Morgan fingerprint density at radius 3 is 2.37 bits per heavy atom. The number of carbonyl (C=O) groups is 1. The van der Waals surface area contributed by atoms with Gasteiger partial charge in [0.05, 0.1) is 11.9 Å². The average Bonchev–Trinajstić information content (AvgIpc) is 2.84. The van der Waals surface area contributed by atoms with Crippen LogP contribution >= 0.6 is 0 Å². The lowest BCUT2D eigenvalue weighted by atomic mass is 9.83. The summed E-state index contributed by atoms with van der Waals surface area (Å²) in [6.07, 6.45) is 4.23. The van der Waals surface area contributed by atoms with Gasteiger partial charge in [0.15, 0.2) is 17.5 Å². The number of nitrogens with one attached hydrogen (secondary N) is 1. The van der Waals surface area contributed by atoms with Gasteiger partial charge in [0.2, 0.25) is 5.91 Å². The molecule has 188 valence electrons. The third-order valence-electron chi connectivity index (χ3n) is 6.31. The van der Waals surface area contributed by atoms with E-state index in [2.05, 4.69) is 22.2 Å². The highest BCUT2D eigenvalue weighted by atomic mass is 19.2. The zero-order valence-electron chi connectivity index (χ0n) is 20.7. The maximum Gasteiger partial charge on any atom is 0.224 e. The number of hydrogen-bond donors (Lipinski definition) is 1. The molecule has 0 atom stereocenters. The van der Waals surface area contributed by atoms with Gasteiger partial charge in [-0.1, -0.05) is 38.0 Å². The highest BCUT2D eigenvalue weighted by Crippen LogP contribution is 2.27. The van der Waals surface area contributed by atoms with E-state index in [4.69, 9.17) is 0 Å². The molecule has 8 heteroatoms. The van der Waals surface area contributed by atoms with Crippen LogP contribution in [0, 0.1) is 36.2 Å². The number of hydrogen-bond acceptors (Lipinski definition) is 4. The number of amides is 1. The van der Waals surface area contributed by atoms with Crippen LogP contribution in [-0.2, 0) is 11.2 Å². The number of halogens is 3. The fourth-order valence-corrected chi connectivity index (χ4v) is 4.24. The number of rotatable bonds is 5. The zero-order valence-corrected chi connectivity index (χ0v) is 20.7. The second kappa shape index (κ2) is 12.0. The van der Waals surface area contributed by atoms with Crippen LogP contribution in [0.4, 0.5) is 19.0 Å². The molecule has 4 rings (SSSR count). The van der Waals surface area contributed by atoms with Crippen molar-refractivity contribution in [1.29, 1.82) is 0 Å². The van der Waals surface area contributed by atoms with Gasteiger partial charge in [0.1, 0.15) is 11.6 Å². The van der Waals surface area contributed by atoms with E-state index in [0.29, 0.717) is 12.5 Å². The van der Waals surface area contributed by atoms with Crippen molar-refractivity contribution in [2.75, 3.05) is 25.5 Å². The van der Waals surface area contributed by atoms with Crippen molar-refractivity contribution in [3.8, 4) is 0 Å². The summed E-state index contributed by atoms with van der Waals surface area (Å²) in [5, 5.41) is 3.86. The average molecular weight is 487 g/mol. The lowest BCUT2D eigenvalue weighted by Crippen LogP contribution is -2.32. The van der Waals surface area contributed by atoms with Crippen LogP contribution in [0.5, 0.6) is 0 Å². The van der Waals surface area contributed by atoms with Gasteiger partial charge in [-0.15, -0.1) is 0 Å². The Bertz CT molecular complexity index is 1160. The molecule has 1 saturated carbocycles. The maximum absolute atomic E-state index is 13.5. The van der Waals surface area contributed by atoms with E-state index < -0.39 is 17.5 Å². The van der Waals surface area contributed by atoms with E-state index >= 15 is 0 Å². The van der Waals surface area contributed by atoms with Crippen LogP contribution in [0.1, 0.15) is 44.0 Å². The van der Waals surface area contributed by atoms with Gasteiger partial charge in [-0.2, -0.15) is 0 Å². The van der Waals surface area contributed by atoms with E-state index in [9.17, 15) is 18.0 Å². The molecule has 35 heavy (non-hydrogen) atoms. The number of aromatic nitrogens is 2. The lowest BCUT2D eigenvalue weighted by molar-refractivity contribution is -0.120. The van der Waals surface area contributed by atoms with Gasteiger partial charge in [-0.3, -0.25) is 4.79 Å². The summed E-state index contributed by atoms with van der Waals surface area (Å²) in [7, 11) is 3.99. The Morgan fingerprint density at radius 1 is 1.00 bits per heavy atom. The van der Waals surface area contributed by atoms with Gasteiger partial charge in [0, 0.05) is 31.6 Å². The summed E-state index contributed by atoms with van der Waals surface area (Å²) < 4.78 is 39.3. The molecule has 0 aliphatic heterocycles. The van der Waals surface area contributed by atoms with Gasteiger partial charge in [-0.05, 0) is 49.8 Å². The number of aryl methyl sites for hydroxylation is 1. The van der Waals surface area contributed by atoms with Gasteiger partial charge >= 0.3 is 0 Å². The Hall–Kier alpha value is -3.16. The molecular weight excluding hydrogens is 453 g/mol. The number of carbonyl (C=O) groups excluding carboxylic acids is 1. The van der Waals surface area contributed by atoms with E-state index in [0.717, 1.165) is 53.4 Å². The predicted octanol–water partition coefficient (Wildman–Crippen LogP) is 5.59. The summed E-state index contributed by atoms with van der Waals surface area (Å²) in [4.78, 5) is 22.6. The van der Waals surface area contributed by atoms with Crippen LogP contribution in [-0.4, -0.2) is 36.5 Å². The Balaban J connectivity index is 0.000000211. The third kappa shape index (κ3) is 7.16. The fraction of sp³-hybridized carbons (Fsp3) is 0.444. The largest absolute Gasteiger partial charge is 0.362 e. The molecular formula is C27H33F3N4O. The molecule has 1 N–H and O–H groups in total. The van der Waals surface area contributed by atoms with Crippen LogP contribution in [0.3, 0.4) is 0 Å². The van der Waals surface area contributed by atoms with Crippen molar-refractivity contribution in [3.05, 3.63) is 65.2 Å². The van der Waals surface area contributed by atoms with Crippen molar-refractivity contribution in [2.24, 2.45) is 11.8 Å². The molecule has 0 spiro atoms. The van der Waals surface area contributed by atoms with Crippen molar-refractivity contribution in [1.82, 2.24) is 15.3 Å². The molecule has 1 fully saturated rings. The zero-order chi connectivity index (χ0) is 25.5. The molecule has 1 amide bonds. The Kier molecular flexibility index (Phi) is 9.07. The molecule has 5 nitrogen and oxygen atoms in total. The van der Waals surface area contributed by atoms with Crippen LogP contribution < -0.4 is 10.2 Å². The summed E-state index contributed by atoms with van der Waals surface area (Å²) in [5.41, 5.74) is 0.882. The van der Waals surface area contributed by atoms with E-state index in [-0.39, 0.29) is 17.9 Å². The summed E-state index contributed by atoms with van der Waals surface area (Å²) >= 11 is 0. The molecule has 3 aromatic rings. The Morgan fingerprint density at radius 2 is 1.69 bits per heavy atom. The van der Waals surface area contributed by atoms with Crippen molar-refractivity contribution in [3.63, 3.8) is 0 Å². The summed E-state index contributed by atoms with van der Waals surface area (Å²) in [5.74, 6) is -1.42. The van der Waals surface area contributed by atoms with Crippen LogP contribution in [0.15, 0.2) is 36.4 Å². The second-order valence-electron chi connectivity index (χ2n) is 9.45. The van der Waals surface area contributed by atoms with Crippen LogP contribution in [0.2, 0.25) is 0 Å². The van der Waals surface area contributed by atoms with E-state index in [1.807, 2.05) is 50.2 Å². The number of anilines is 1. The summed E-state index contributed by atoms with van der Waals surface area (Å²) in [6, 6.07) is 10.0. The molecule has 2 aromatic carbocycles. The standard InChI is InChI=1S/C16H20F3NO.C11H13N3/c1-10-2-4-11(5-3-10)9-20-14(21)8-12-6-7-13(17)16(19)15(12)18;1-8-12-10-7-5-4-6-9(10)11(13-8)14(2)3/h6-7,10-11H,2-5,8-9H2,1H3,(H,20,21);4-7H,1-3H3. The van der Waals surface area contributed by atoms with E-state index in [1.165, 1.54) is 12.8 Å². The Labute approximate surface area is 204 Å². The minimum Gasteiger partial charge on any atom is -0.362 e. The first-order chi connectivity index (χ1) is 16.7. The summed E-state index contributed by atoms with van der Waals surface area (Å²) in [6.45, 7) is 4.71. The van der Waals surface area contributed by atoms with Crippen molar-refractivity contribution < 1.29 is 18.0 Å². The highest BCUT2D eigenvalue weighted by Gasteiger charge is 2.20. The first kappa shape index (κ1) is 26.4. The monoisotopic (exact) mass is 486 g/mol. The number of nitrogens with zero attached hydrogens (tertiary/aromatic N) is 3. The number of para-hydroxylation sites is 1. The molecule has 0 saturated heterocycles. The number of fused-ring (bicyclic) bond motifs is 1. The lowest BCUT2D eigenvalue weighted by Gasteiger charge is -2.26. The smallest absolute Gasteiger partial charge is 0.224 e. The molecule has 0 radical (unpaired) electrons. The quantitative estimate of drug-likeness (QED) is 0.478. The van der Waals surface area contributed by atoms with Gasteiger partial charge in [0.25, 0.3) is 0 Å². The van der Waals surface area contributed by atoms with Gasteiger partial charge < -0.3 is 10.2 Å². The SMILES string of the molecule is CC1CCC(CNC(=O)Cc2ccc(F)c(F)c2F)CC1.Cc1nc(N(C)C)c2ccccc2n1. The molecule has 0 bridgehead atoms. The molecule has 1 aliphatic rings. The minimum absolute atomic E-state index is 0.122. The van der Waals surface area contributed by atoms with Crippen LogP contribution in [0.25, 0.3) is 10.9 Å². The molecule has 1 heterocycles. The maximum atomic E-state index is 13.5. The van der Waals surface area contributed by atoms with E-state index in [1.54, 1.807) is 0 Å². The molecule has 0 unspecified atom stereocenters. The van der Waals surface area contributed by atoms with Gasteiger partial charge in [-0.25, -0.2) is 23.1 Å². The second-order valence-corrected chi connectivity index (χ2v) is 9.45. The molecule has 1 aromatic heterocycles. The predicted molar refractivity (Wildman–Crippen MR) is 133 cm³/mol. The number of benzene rings is 2. The van der Waals surface area contributed by atoms with Crippen molar-refractivity contribution >= 4 is 22.6 Å². The minimum atomic E-state index is -1.53. The first-order valence-electron chi connectivity index (χ1n) is 12.0. The highest BCUT2D eigenvalue weighted by molar-refractivity contribution is 5.89. The third-order valence-corrected chi connectivity index (χ3v) is 6.31. The normalized spacial score (nSPS) is 17.5. The van der Waals surface area contributed by atoms with Crippen molar-refractivity contribution in [2.45, 2.75) is 46.0 Å². The first-order valence-corrected chi connectivity index (χ1v) is 12.0.